The van der Waals surface area contributed by atoms with E-state index in [2.05, 4.69) is 16.0 Å². The Bertz CT molecular complexity index is 522. The Morgan fingerprint density at radius 1 is 1.38 bits per heavy atom. The number of aryl methyl sites for hydroxylation is 1. The van der Waals surface area contributed by atoms with Crippen molar-refractivity contribution in [2.24, 2.45) is 5.92 Å². The largest absolute Gasteiger partial charge is 0.352 e. The van der Waals surface area contributed by atoms with E-state index in [1.807, 2.05) is 13.8 Å². The topological polar surface area (TPSA) is 70.2 Å². The Morgan fingerprint density at radius 3 is 2.81 bits per heavy atom. The summed E-state index contributed by atoms with van der Waals surface area (Å²) in [7, 11) is 0. The Hall–Kier alpha value is -1.88. The van der Waals surface area contributed by atoms with Crippen LogP contribution in [0.15, 0.2) is 18.2 Å². The van der Waals surface area contributed by atoms with Crippen LogP contribution >= 0.6 is 0 Å². The molecule has 1 atom stereocenters. The number of hydrogen-bond donors (Lipinski definition) is 3. The standard InChI is InChI=1S/C16H23N3O2/c1-3-18-15(20)12-6-7-14(11(2)9-12)19-16(21)13-5-4-8-17-10-13/h6-7,9,13,17H,3-5,8,10H2,1-2H3,(H,18,20)(H,19,21)/t13-/m1/s1. The van der Waals surface area contributed by atoms with E-state index < -0.39 is 0 Å². The minimum Gasteiger partial charge on any atom is -0.352 e. The first-order valence-corrected chi connectivity index (χ1v) is 7.52. The second-order valence-corrected chi connectivity index (χ2v) is 5.42. The predicted molar refractivity (Wildman–Crippen MR) is 83.4 cm³/mol. The van der Waals surface area contributed by atoms with Crippen LogP contribution in [0.1, 0.15) is 35.7 Å². The molecule has 5 nitrogen and oxygen atoms in total. The molecule has 1 saturated heterocycles. The van der Waals surface area contributed by atoms with Gasteiger partial charge in [-0.15, -0.1) is 0 Å². The van der Waals surface area contributed by atoms with Gasteiger partial charge in [-0.3, -0.25) is 9.59 Å². The first-order valence-electron chi connectivity index (χ1n) is 7.52. The summed E-state index contributed by atoms with van der Waals surface area (Å²) in [6.07, 6.45) is 1.96. The third kappa shape index (κ3) is 4.04. The summed E-state index contributed by atoms with van der Waals surface area (Å²) >= 11 is 0. The zero-order valence-electron chi connectivity index (χ0n) is 12.7. The van der Waals surface area contributed by atoms with E-state index in [1.54, 1.807) is 18.2 Å². The van der Waals surface area contributed by atoms with Crippen molar-refractivity contribution in [3.8, 4) is 0 Å². The fourth-order valence-corrected chi connectivity index (χ4v) is 2.52. The van der Waals surface area contributed by atoms with Gasteiger partial charge in [-0.2, -0.15) is 0 Å². The molecule has 0 bridgehead atoms. The average molecular weight is 289 g/mol. The lowest BCUT2D eigenvalue weighted by Gasteiger charge is -2.22. The summed E-state index contributed by atoms with van der Waals surface area (Å²) in [5.74, 6) is -0.00719. The Labute approximate surface area is 125 Å². The maximum Gasteiger partial charge on any atom is 0.251 e. The molecule has 114 valence electrons. The molecular weight excluding hydrogens is 266 g/mol. The molecule has 1 aromatic carbocycles. The van der Waals surface area contributed by atoms with Gasteiger partial charge in [0.15, 0.2) is 0 Å². The van der Waals surface area contributed by atoms with Gasteiger partial charge < -0.3 is 16.0 Å². The molecule has 0 spiro atoms. The van der Waals surface area contributed by atoms with E-state index in [0.717, 1.165) is 37.2 Å². The molecule has 1 aromatic rings. The first-order chi connectivity index (χ1) is 10.1. The van der Waals surface area contributed by atoms with Crippen LogP contribution in [0.25, 0.3) is 0 Å². The molecule has 2 rings (SSSR count). The summed E-state index contributed by atoms with van der Waals surface area (Å²) in [4.78, 5) is 24.0. The van der Waals surface area contributed by atoms with Crippen LogP contribution in [0.3, 0.4) is 0 Å². The number of carbonyl (C=O) groups excluding carboxylic acids is 2. The second-order valence-electron chi connectivity index (χ2n) is 5.42. The minimum atomic E-state index is -0.0880. The SMILES string of the molecule is CCNC(=O)c1ccc(NC(=O)[C@@H]2CCCNC2)c(C)c1. The third-order valence-corrected chi connectivity index (χ3v) is 3.75. The molecular formula is C16H23N3O2. The molecule has 0 aromatic heterocycles. The van der Waals surface area contributed by atoms with Crippen LogP contribution in [0, 0.1) is 12.8 Å². The molecule has 5 heteroatoms. The summed E-state index contributed by atoms with van der Waals surface area (Å²) in [5, 5.41) is 8.97. The molecule has 0 aliphatic carbocycles. The molecule has 1 aliphatic heterocycles. The van der Waals surface area contributed by atoms with E-state index in [-0.39, 0.29) is 17.7 Å². The third-order valence-electron chi connectivity index (χ3n) is 3.75. The van der Waals surface area contributed by atoms with E-state index >= 15 is 0 Å². The van der Waals surface area contributed by atoms with Crippen molar-refractivity contribution >= 4 is 17.5 Å². The normalized spacial score (nSPS) is 18.1. The number of anilines is 1. The van der Waals surface area contributed by atoms with E-state index in [4.69, 9.17) is 0 Å². The van der Waals surface area contributed by atoms with Gasteiger partial charge in [0.1, 0.15) is 0 Å². The van der Waals surface area contributed by atoms with Crippen molar-refractivity contribution in [3.05, 3.63) is 29.3 Å². The number of carbonyl (C=O) groups is 2. The highest BCUT2D eigenvalue weighted by Crippen LogP contribution is 2.19. The average Bonchev–Trinajstić information content (AvgIpc) is 2.50. The van der Waals surface area contributed by atoms with Crippen molar-refractivity contribution in [2.45, 2.75) is 26.7 Å². The molecule has 1 heterocycles. The van der Waals surface area contributed by atoms with Gasteiger partial charge in [0.2, 0.25) is 5.91 Å². The van der Waals surface area contributed by atoms with Crippen LogP contribution in [0.2, 0.25) is 0 Å². The second kappa shape index (κ2) is 7.22. The summed E-state index contributed by atoms with van der Waals surface area (Å²) in [6, 6.07) is 5.35. The zero-order chi connectivity index (χ0) is 15.2. The molecule has 2 amide bonds. The van der Waals surface area contributed by atoms with Crippen molar-refractivity contribution < 1.29 is 9.59 Å². The molecule has 1 fully saturated rings. The number of hydrogen-bond acceptors (Lipinski definition) is 3. The fourth-order valence-electron chi connectivity index (χ4n) is 2.52. The summed E-state index contributed by atoms with van der Waals surface area (Å²) < 4.78 is 0. The smallest absolute Gasteiger partial charge is 0.251 e. The van der Waals surface area contributed by atoms with Gasteiger partial charge in [-0.05, 0) is 57.0 Å². The van der Waals surface area contributed by atoms with Crippen molar-refractivity contribution in [2.75, 3.05) is 25.0 Å². The highest BCUT2D eigenvalue weighted by atomic mass is 16.2. The summed E-state index contributed by atoms with van der Waals surface area (Å²) in [6.45, 7) is 6.12. The quantitative estimate of drug-likeness (QED) is 0.790. The molecule has 0 saturated carbocycles. The maximum atomic E-state index is 12.2. The number of piperidine rings is 1. The number of benzene rings is 1. The van der Waals surface area contributed by atoms with Gasteiger partial charge in [0.25, 0.3) is 5.91 Å². The Kier molecular flexibility index (Phi) is 5.33. The summed E-state index contributed by atoms with van der Waals surface area (Å²) in [5.41, 5.74) is 2.29. The number of nitrogens with one attached hydrogen (secondary N) is 3. The van der Waals surface area contributed by atoms with Gasteiger partial charge in [-0.1, -0.05) is 0 Å². The van der Waals surface area contributed by atoms with Crippen LogP contribution < -0.4 is 16.0 Å². The van der Waals surface area contributed by atoms with E-state index in [9.17, 15) is 9.59 Å². The van der Waals surface area contributed by atoms with Crippen molar-refractivity contribution in [1.82, 2.24) is 10.6 Å². The van der Waals surface area contributed by atoms with Gasteiger partial charge in [0, 0.05) is 24.3 Å². The van der Waals surface area contributed by atoms with Crippen LogP contribution in [-0.4, -0.2) is 31.4 Å². The van der Waals surface area contributed by atoms with Gasteiger partial charge in [-0.25, -0.2) is 0 Å². The Balaban J connectivity index is 2.03. The lowest BCUT2D eigenvalue weighted by molar-refractivity contribution is -0.120. The lowest BCUT2D eigenvalue weighted by Crippen LogP contribution is -2.37. The number of rotatable bonds is 4. The molecule has 3 N–H and O–H groups in total. The Morgan fingerprint density at radius 2 is 2.19 bits per heavy atom. The molecule has 21 heavy (non-hydrogen) atoms. The predicted octanol–water partition coefficient (Wildman–Crippen LogP) is 1.68. The number of amides is 2. The van der Waals surface area contributed by atoms with E-state index in [0.29, 0.717) is 12.1 Å². The highest BCUT2D eigenvalue weighted by Gasteiger charge is 2.21. The van der Waals surface area contributed by atoms with Crippen LogP contribution in [0.4, 0.5) is 5.69 Å². The highest BCUT2D eigenvalue weighted by molar-refractivity contribution is 5.97. The zero-order valence-corrected chi connectivity index (χ0v) is 12.7. The maximum absolute atomic E-state index is 12.2. The fraction of sp³-hybridized carbons (Fsp3) is 0.500. The van der Waals surface area contributed by atoms with Crippen molar-refractivity contribution in [3.63, 3.8) is 0 Å². The molecule has 1 aliphatic rings. The lowest BCUT2D eigenvalue weighted by atomic mass is 9.98. The first kappa shape index (κ1) is 15.5. The van der Waals surface area contributed by atoms with E-state index in [1.165, 1.54) is 0 Å². The van der Waals surface area contributed by atoms with Gasteiger partial charge >= 0.3 is 0 Å². The monoisotopic (exact) mass is 289 g/mol. The molecule has 0 unspecified atom stereocenters. The minimum absolute atomic E-state index is 0.0289. The van der Waals surface area contributed by atoms with Gasteiger partial charge in [0.05, 0.1) is 5.92 Å². The van der Waals surface area contributed by atoms with Crippen LogP contribution in [0.5, 0.6) is 0 Å². The molecule has 0 radical (unpaired) electrons. The van der Waals surface area contributed by atoms with Crippen LogP contribution in [-0.2, 0) is 4.79 Å². The van der Waals surface area contributed by atoms with Crippen molar-refractivity contribution in [1.29, 1.82) is 0 Å².